The van der Waals surface area contributed by atoms with Crippen LogP contribution in [0.5, 0.6) is 11.5 Å². The summed E-state index contributed by atoms with van der Waals surface area (Å²) < 4.78 is 38.6. The minimum absolute atomic E-state index is 0.0720. The van der Waals surface area contributed by atoms with Crippen molar-refractivity contribution in [2.75, 3.05) is 25.1 Å². The molecule has 138 valence electrons. The Balaban J connectivity index is 2.18. The van der Waals surface area contributed by atoms with Gasteiger partial charge < -0.3 is 9.47 Å². The van der Waals surface area contributed by atoms with Gasteiger partial charge in [-0.05, 0) is 49.2 Å². The first-order valence-corrected chi connectivity index (χ1v) is 9.63. The zero-order valence-corrected chi connectivity index (χ0v) is 16.0. The van der Waals surface area contributed by atoms with E-state index in [-0.39, 0.29) is 23.6 Å². The molecule has 2 aromatic rings. The van der Waals surface area contributed by atoms with Gasteiger partial charge in [0.15, 0.2) is 5.78 Å². The van der Waals surface area contributed by atoms with Gasteiger partial charge in [-0.3, -0.25) is 9.10 Å². The normalized spacial score (nSPS) is 14.2. The van der Waals surface area contributed by atoms with Gasteiger partial charge in [-0.1, -0.05) is 0 Å². The van der Waals surface area contributed by atoms with Gasteiger partial charge >= 0.3 is 0 Å². The van der Waals surface area contributed by atoms with Gasteiger partial charge in [-0.25, -0.2) is 8.42 Å². The number of rotatable bonds is 4. The molecule has 0 saturated carbocycles. The number of fused-ring (bicyclic) bond motifs is 1. The maximum absolute atomic E-state index is 13.4. The second kappa shape index (κ2) is 6.64. The van der Waals surface area contributed by atoms with E-state index in [1.54, 1.807) is 51.3 Å². The van der Waals surface area contributed by atoms with E-state index in [1.807, 2.05) is 0 Å². The zero-order valence-electron chi connectivity index (χ0n) is 15.2. The van der Waals surface area contributed by atoms with Crippen molar-refractivity contribution in [2.45, 2.75) is 25.2 Å². The first-order valence-electron chi connectivity index (χ1n) is 8.19. The predicted molar refractivity (Wildman–Crippen MR) is 98.9 cm³/mol. The fourth-order valence-electron chi connectivity index (χ4n) is 3.33. The Hall–Kier alpha value is -2.54. The maximum Gasteiger partial charge on any atom is 0.264 e. The molecule has 0 N–H and O–H groups in total. The van der Waals surface area contributed by atoms with Crippen LogP contribution < -0.4 is 13.8 Å². The number of methoxy groups -OCH3 is 2. The number of aryl methyl sites for hydroxylation is 2. The molecule has 0 fully saturated rings. The summed E-state index contributed by atoms with van der Waals surface area (Å²) in [5.41, 5.74) is 1.95. The van der Waals surface area contributed by atoms with Gasteiger partial charge in [-0.15, -0.1) is 0 Å². The number of hydrogen-bond donors (Lipinski definition) is 0. The summed E-state index contributed by atoms with van der Waals surface area (Å²) in [4.78, 5) is 12.5. The lowest BCUT2D eigenvalue weighted by Crippen LogP contribution is -2.38. The molecule has 1 aliphatic heterocycles. The number of ether oxygens (including phenoxy) is 2. The van der Waals surface area contributed by atoms with Crippen LogP contribution >= 0.6 is 0 Å². The molecule has 0 spiro atoms. The van der Waals surface area contributed by atoms with E-state index in [0.717, 1.165) is 0 Å². The molecular weight excluding hydrogens is 354 g/mol. The third kappa shape index (κ3) is 2.92. The molecule has 0 bridgehead atoms. The Morgan fingerprint density at radius 1 is 0.962 bits per heavy atom. The summed E-state index contributed by atoms with van der Waals surface area (Å²) in [6.07, 6.45) is 0.146. The molecule has 6 nitrogen and oxygen atoms in total. The lowest BCUT2D eigenvalue weighted by Gasteiger charge is -2.31. The Morgan fingerprint density at radius 3 is 2.15 bits per heavy atom. The minimum atomic E-state index is -3.84. The Bertz CT molecular complexity index is 958. The third-order valence-corrected chi connectivity index (χ3v) is 6.65. The number of carbonyl (C=O) groups excluding carboxylic acids is 1. The summed E-state index contributed by atoms with van der Waals surface area (Å²) in [5, 5.41) is 0. The van der Waals surface area contributed by atoms with Crippen molar-refractivity contribution in [1.82, 2.24) is 0 Å². The van der Waals surface area contributed by atoms with Crippen molar-refractivity contribution >= 4 is 21.5 Å². The van der Waals surface area contributed by atoms with Crippen molar-refractivity contribution < 1.29 is 22.7 Å². The van der Waals surface area contributed by atoms with Crippen LogP contribution in [0.3, 0.4) is 0 Å². The lowest BCUT2D eigenvalue weighted by molar-refractivity contribution is 0.0982. The number of ketones is 1. The smallest absolute Gasteiger partial charge is 0.264 e. The lowest BCUT2D eigenvalue weighted by atomic mass is 10.0. The molecule has 0 unspecified atom stereocenters. The Kier molecular flexibility index (Phi) is 4.66. The highest BCUT2D eigenvalue weighted by molar-refractivity contribution is 7.93. The molecule has 0 aliphatic carbocycles. The van der Waals surface area contributed by atoms with E-state index in [9.17, 15) is 13.2 Å². The highest BCUT2D eigenvalue weighted by Gasteiger charge is 2.34. The van der Waals surface area contributed by atoms with Crippen LogP contribution in [0.25, 0.3) is 0 Å². The van der Waals surface area contributed by atoms with Crippen LogP contribution in [0.4, 0.5) is 5.69 Å². The standard InChI is InChI=1S/C19H21NO5S/c1-12-9-15(25-4)10-13(2)19(12)26(22,23)20-8-7-18(21)16-6-5-14(24-3)11-17(16)20/h5-6,9-11H,7-8H2,1-4H3. The molecular formula is C19H21NO5S. The van der Waals surface area contributed by atoms with Crippen molar-refractivity contribution in [2.24, 2.45) is 0 Å². The third-order valence-electron chi connectivity index (χ3n) is 4.53. The van der Waals surface area contributed by atoms with Crippen LogP contribution in [0.15, 0.2) is 35.2 Å². The first-order chi connectivity index (χ1) is 12.3. The predicted octanol–water partition coefficient (Wildman–Crippen LogP) is 3.10. The van der Waals surface area contributed by atoms with Crippen LogP contribution in [-0.2, 0) is 10.0 Å². The number of nitrogens with zero attached hydrogens (tertiary/aromatic N) is 1. The van der Waals surface area contributed by atoms with Gasteiger partial charge in [0, 0.05) is 24.6 Å². The molecule has 2 aromatic carbocycles. The maximum atomic E-state index is 13.4. The fraction of sp³-hybridized carbons (Fsp3) is 0.316. The van der Waals surface area contributed by atoms with Crippen LogP contribution in [0, 0.1) is 13.8 Å². The average molecular weight is 375 g/mol. The molecule has 7 heteroatoms. The van der Waals surface area contributed by atoms with Crippen molar-refractivity contribution in [1.29, 1.82) is 0 Å². The van der Waals surface area contributed by atoms with Crippen LogP contribution in [0.2, 0.25) is 0 Å². The SMILES string of the molecule is COc1cc(C)c(S(=O)(=O)N2CCC(=O)c3ccc(OC)cc32)c(C)c1. The van der Waals surface area contributed by atoms with E-state index in [1.165, 1.54) is 11.4 Å². The molecule has 1 heterocycles. The largest absolute Gasteiger partial charge is 0.497 e. The number of benzene rings is 2. The molecule has 0 aromatic heterocycles. The van der Waals surface area contributed by atoms with Crippen molar-refractivity contribution in [3.63, 3.8) is 0 Å². The quantitative estimate of drug-likeness (QED) is 0.821. The van der Waals surface area contributed by atoms with Gasteiger partial charge in [0.1, 0.15) is 11.5 Å². The number of hydrogen-bond acceptors (Lipinski definition) is 5. The van der Waals surface area contributed by atoms with E-state index in [4.69, 9.17) is 9.47 Å². The highest BCUT2D eigenvalue weighted by atomic mass is 32.2. The summed E-state index contributed by atoms with van der Waals surface area (Å²) in [7, 11) is -0.794. The molecule has 0 radical (unpaired) electrons. The number of carbonyl (C=O) groups is 1. The topological polar surface area (TPSA) is 72.9 Å². The van der Waals surface area contributed by atoms with Crippen LogP contribution in [-0.4, -0.2) is 35.0 Å². The summed E-state index contributed by atoms with van der Waals surface area (Å²) in [5.74, 6) is 1.04. The number of Topliss-reactive ketones (excluding diaryl/α,β-unsaturated/α-hetero) is 1. The van der Waals surface area contributed by atoms with E-state index in [2.05, 4.69) is 0 Å². The molecule has 26 heavy (non-hydrogen) atoms. The molecule has 0 saturated heterocycles. The minimum Gasteiger partial charge on any atom is -0.497 e. The second-order valence-corrected chi connectivity index (χ2v) is 8.02. The number of sulfonamides is 1. The molecule has 0 amide bonds. The van der Waals surface area contributed by atoms with Gasteiger partial charge in [0.05, 0.1) is 24.8 Å². The Morgan fingerprint density at radius 2 is 1.58 bits per heavy atom. The molecule has 1 aliphatic rings. The second-order valence-electron chi connectivity index (χ2n) is 6.22. The molecule has 3 rings (SSSR count). The zero-order chi connectivity index (χ0) is 19.1. The number of anilines is 1. The van der Waals surface area contributed by atoms with Crippen LogP contribution in [0.1, 0.15) is 27.9 Å². The van der Waals surface area contributed by atoms with Gasteiger partial charge in [-0.2, -0.15) is 0 Å². The van der Waals surface area contributed by atoms with Crippen molar-refractivity contribution in [3.05, 3.63) is 47.0 Å². The monoisotopic (exact) mass is 375 g/mol. The van der Waals surface area contributed by atoms with Gasteiger partial charge in [0.25, 0.3) is 10.0 Å². The van der Waals surface area contributed by atoms with E-state index < -0.39 is 10.0 Å². The fourth-order valence-corrected chi connectivity index (χ4v) is 5.23. The molecule has 0 atom stereocenters. The Labute approximate surface area is 153 Å². The van der Waals surface area contributed by atoms with Crippen molar-refractivity contribution in [3.8, 4) is 11.5 Å². The summed E-state index contributed by atoms with van der Waals surface area (Å²) in [6, 6.07) is 8.27. The van der Waals surface area contributed by atoms with E-state index in [0.29, 0.717) is 33.9 Å². The van der Waals surface area contributed by atoms with E-state index >= 15 is 0 Å². The van der Waals surface area contributed by atoms with Gasteiger partial charge in [0.2, 0.25) is 0 Å². The summed E-state index contributed by atoms with van der Waals surface area (Å²) >= 11 is 0. The first kappa shape index (κ1) is 18.3. The highest BCUT2D eigenvalue weighted by Crippen LogP contribution is 2.37. The summed E-state index contributed by atoms with van der Waals surface area (Å²) in [6.45, 7) is 3.58. The average Bonchev–Trinajstić information content (AvgIpc) is 2.60.